The van der Waals surface area contributed by atoms with E-state index in [1.807, 2.05) is 19.2 Å². The molecule has 0 aliphatic heterocycles. The van der Waals surface area contributed by atoms with Crippen molar-refractivity contribution in [1.82, 2.24) is 9.38 Å². The highest BCUT2D eigenvalue weighted by Crippen LogP contribution is 2.42. The number of imidazole rings is 1. The van der Waals surface area contributed by atoms with Gasteiger partial charge in [0.05, 0.1) is 24.3 Å². The Labute approximate surface area is 163 Å². The molecule has 5 rings (SSSR count). The van der Waals surface area contributed by atoms with Crippen molar-refractivity contribution in [2.75, 3.05) is 7.11 Å². The summed E-state index contributed by atoms with van der Waals surface area (Å²) in [5.41, 5.74) is 6.99. The van der Waals surface area contributed by atoms with Crippen LogP contribution in [0.3, 0.4) is 0 Å². The minimum Gasteiger partial charge on any atom is -0.497 e. The maximum atomic E-state index is 5.56. The number of hydrogen-bond acceptors (Lipinski definition) is 2. The molecule has 3 heteroatoms. The van der Waals surface area contributed by atoms with Crippen molar-refractivity contribution in [3.63, 3.8) is 0 Å². The van der Waals surface area contributed by atoms with Crippen molar-refractivity contribution in [1.29, 1.82) is 0 Å². The van der Waals surface area contributed by atoms with E-state index >= 15 is 0 Å². The Kier molecular flexibility index (Phi) is 3.87. The predicted octanol–water partition coefficient (Wildman–Crippen LogP) is 6.14. The zero-order valence-corrected chi connectivity index (χ0v) is 15.9. The van der Waals surface area contributed by atoms with E-state index in [0.29, 0.717) is 0 Å². The van der Waals surface area contributed by atoms with Crippen LogP contribution < -0.4 is 4.74 Å². The van der Waals surface area contributed by atoms with E-state index in [0.717, 1.165) is 28.0 Å². The van der Waals surface area contributed by atoms with Gasteiger partial charge in [-0.1, -0.05) is 60.7 Å². The first-order chi connectivity index (χ1) is 13.8. The molecule has 28 heavy (non-hydrogen) atoms. The summed E-state index contributed by atoms with van der Waals surface area (Å²) in [5, 5.41) is 1.15. The quantitative estimate of drug-likeness (QED) is 0.384. The summed E-state index contributed by atoms with van der Waals surface area (Å²) in [5.74, 6) is 1.82. The third-order valence-electron chi connectivity index (χ3n) is 5.28. The Balaban J connectivity index is 2.05. The standard InChI is InChI=1S/C25H20N2O/c1-17-26-16-23-25(19-11-7-4-8-12-19)24(18-9-5-3-6-10-18)21-15-20(28-2)13-14-22(21)27(17)23/h3-16H,1-2H3. The Bertz CT molecular complexity index is 1290. The molecule has 0 N–H and O–H groups in total. The molecule has 0 radical (unpaired) electrons. The third kappa shape index (κ3) is 2.48. The topological polar surface area (TPSA) is 26.5 Å². The second kappa shape index (κ2) is 6.54. The maximum Gasteiger partial charge on any atom is 0.119 e. The van der Waals surface area contributed by atoms with Gasteiger partial charge in [-0.2, -0.15) is 0 Å². The fraction of sp³-hybridized carbons (Fsp3) is 0.0800. The summed E-state index contributed by atoms with van der Waals surface area (Å²) in [6, 6.07) is 27.4. The number of fused-ring (bicyclic) bond motifs is 3. The molecule has 2 aromatic heterocycles. The average molecular weight is 364 g/mol. The van der Waals surface area contributed by atoms with E-state index < -0.39 is 0 Å². The van der Waals surface area contributed by atoms with Crippen LogP contribution in [0.1, 0.15) is 5.82 Å². The molecule has 5 aromatic rings. The molecule has 0 saturated carbocycles. The molecule has 0 saturated heterocycles. The van der Waals surface area contributed by atoms with E-state index in [1.54, 1.807) is 7.11 Å². The normalized spacial score (nSPS) is 11.2. The number of nitrogens with zero attached hydrogens (tertiary/aromatic N) is 2. The molecule has 0 unspecified atom stereocenters. The second-order valence-electron chi connectivity index (χ2n) is 6.89. The van der Waals surface area contributed by atoms with Gasteiger partial charge in [-0.15, -0.1) is 0 Å². The molecular weight excluding hydrogens is 344 g/mol. The fourth-order valence-electron chi connectivity index (χ4n) is 4.03. The number of rotatable bonds is 3. The van der Waals surface area contributed by atoms with Gasteiger partial charge in [0, 0.05) is 16.5 Å². The van der Waals surface area contributed by atoms with Crippen molar-refractivity contribution in [2.45, 2.75) is 6.92 Å². The van der Waals surface area contributed by atoms with E-state index in [4.69, 9.17) is 4.74 Å². The Morgan fingerprint density at radius 1 is 0.750 bits per heavy atom. The zero-order valence-electron chi connectivity index (χ0n) is 15.9. The third-order valence-corrected chi connectivity index (χ3v) is 5.28. The first-order valence-corrected chi connectivity index (χ1v) is 9.36. The second-order valence-corrected chi connectivity index (χ2v) is 6.89. The molecule has 136 valence electrons. The molecule has 0 bridgehead atoms. The number of pyridine rings is 1. The highest BCUT2D eigenvalue weighted by Gasteiger charge is 2.19. The summed E-state index contributed by atoms with van der Waals surface area (Å²) < 4.78 is 7.80. The largest absolute Gasteiger partial charge is 0.497 e. The average Bonchev–Trinajstić information content (AvgIpc) is 3.15. The first-order valence-electron chi connectivity index (χ1n) is 9.36. The van der Waals surface area contributed by atoms with Gasteiger partial charge in [0.25, 0.3) is 0 Å². The number of methoxy groups -OCH3 is 1. The minimum atomic E-state index is 0.848. The van der Waals surface area contributed by atoms with Crippen molar-refractivity contribution in [2.24, 2.45) is 0 Å². The van der Waals surface area contributed by atoms with Crippen molar-refractivity contribution >= 4 is 16.4 Å². The predicted molar refractivity (Wildman–Crippen MR) is 115 cm³/mol. The smallest absolute Gasteiger partial charge is 0.119 e. The molecule has 3 aromatic carbocycles. The van der Waals surface area contributed by atoms with Gasteiger partial charge >= 0.3 is 0 Å². The lowest BCUT2D eigenvalue weighted by Crippen LogP contribution is -1.98. The molecule has 0 aliphatic rings. The van der Waals surface area contributed by atoms with E-state index in [9.17, 15) is 0 Å². The molecule has 0 spiro atoms. The number of aromatic nitrogens is 2. The summed E-state index contributed by atoms with van der Waals surface area (Å²) in [6.07, 6.45) is 1.98. The summed E-state index contributed by atoms with van der Waals surface area (Å²) in [6.45, 7) is 2.05. The number of hydrogen-bond donors (Lipinski definition) is 0. The van der Waals surface area contributed by atoms with E-state index in [-0.39, 0.29) is 0 Å². The van der Waals surface area contributed by atoms with Crippen molar-refractivity contribution < 1.29 is 4.74 Å². The molecular formula is C25H20N2O. The van der Waals surface area contributed by atoms with Gasteiger partial charge in [-0.25, -0.2) is 4.98 Å². The van der Waals surface area contributed by atoms with Crippen LogP contribution in [0, 0.1) is 6.92 Å². The van der Waals surface area contributed by atoms with Crippen LogP contribution in [0.15, 0.2) is 85.1 Å². The van der Waals surface area contributed by atoms with Gasteiger partial charge in [0.2, 0.25) is 0 Å². The lowest BCUT2D eigenvalue weighted by atomic mass is 9.91. The van der Waals surface area contributed by atoms with E-state index in [2.05, 4.69) is 82.2 Å². The number of ether oxygens (including phenoxy) is 1. The summed E-state index contributed by atoms with van der Waals surface area (Å²) in [4.78, 5) is 4.64. The van der Waals surface area contributed by atoms with Crippen LogP contribution >= 0.6 is 0 Å². The Morgan fingerprint density at radius 3 is 2.04 bits per heavy atom. The van der Waals surface area contributed by atoms with Crippen molar-refractivity contribution in [3.8, 4) is 28.0 Å². The highest BCUT2D eigenvalue weighted by molar-refractivity contribution is 6.08. The van der Waals surface area contributed by atoms with Crippen LogP contribution in [-0.2, 0) is 0 Å². The first kappa shape index (κ1) is 16.6. The SMILES string of the molecule is COc1ccc2c(c1)c(-c1ccccc1)c(-c1ccccc1)c1cnc(C)n12. The van der Waals surface area contributed by atoms with Crippen LogP contribution in [0.25, 0.3) is 38.7 Å². The fourth-order valence-corrected chi connectivity index (χ4v) is 4.03. The Hall–Kier alpha value is -3.59. The van der Waals surface area contributed by atoms with Gasteiger partial charge < -0.3 is 4.74 Å². The molecule has 0 atom stereocenters. The maximum absolute atomic E-state index is 5.56. The van der Waals surface area contributed by atoms with E-state index in [1.165, 1.54) is 22.3 Å². The molecule has 2 heterocycles. The Morgan fingerprint density at radius 2 is 1.39 bits per heavy atom. The molecule has 0 fully saturated rings. The molecule has 3 nitrogen and oxygen atoms in total. The van der Waals surface area contributed by atoms with Crippen LogP contribution in [-0.4, -0.2) is 16.5 Å². The molecule has 0 aliphatic carbocycles. The number of benzene rings is 3. The monoisotopic (exact) mass is 364 g/mol. The minimum absolute atomic E-state index is 0.848. The van der Waals surface area contributed by atoms with Crippen LogP contribution in [0.4, 0.5) is 0 Å². The van der Waals surface area contributed by atoms with Gasteiger partial charge in [-0.3, -0.25) is 4.40 Å². The zero-order chi connectivity index (χ0) is 19.1. The van der Waals surface area contributed by atoms with Gasteiger partial charge in [-0.05, 0) is 36.2 Å². The van der Waals surface area contributed by atoms with Crippen LogP contribution in [0.2, 0.25) is 0 Å². The lowest BCUT2D eigenvalue weighted by Gasteiger charge is -2.18. The van der Waals surface area contributed by atoms with Gasteiger partial charge in [0.15, 0.2) is 0 Å². The lowest BCUT2D eigenvalue weighted by molar-refractivity contribution is 0.415. The highest BCUT2D eigenvalue weighted by atomic mass is 16.5. The van der Waals surface area contributed by atoms with Crippen LogP contribution in [0.5, 0.6) is 5.75 Å². The number of aryl methyl sites for hydroxylation is 1. The van der Waals surface area contributed by atoms with Gasteiger partial charge in [0.1, 0.15) is 11.6 Å². The summed E-state index contributed by atoms with van der Waals surface area (Å²) >= 11 is 0. The summed E-state index contributed by atoms with van der Waals surface area (Å²) in [7, 11) is 1.71. The molecule has 0 amide bonds. The van der Waals surface area contributed by atoms with Crippen molar-refractivity contribution in [3.05, 3.63) is 90.9 Å².